The van der Waals surface area contributed by atoms with E-state index in [9.17, 15) is 31.5 Å². The van der Waals surface area contributed by atoms with E-state index in [0.29, 0.717) is 25.5 Å². The van der Waals surface area contributed by atoms with Gasteiger partial charge in [-0.1, -0.05) is 17.7 Å². The SMILES string of the molecule is COc1ccc(Cl)c(-c2nc(NS(=O)(=O)c3cccc(N4CCCC(C(=O)O)C4)n3)ccc2C(F)(F)F)c1. The molecule has 1 aromatic carbocycles. The highest BCUT2D eigenvalue weighted by atomic mass is 35.5. The third kappa shape index (κ3) is 5.94. The lowest BCUT2D eigenvalue weighted by Gasteiger charge is -2.31. The number of nitrogens with zero attached hydrogens (tertiary/aromatic N) is 3. The molecular formula is C24H22ClF3N4O5S. The van der Waals surface area contributed by atoms with Crippen LogP contribution >= 0.6 is 11.6 Å². The minimum absolute atomic E-state index is 0.0422. The van der Waals surface area contributed by atoms with Crippen molar-refractivity contribution < 1.29 is 36.2 Å². The van der Waals surface area contributed by atoms with Gasteiger partial charge in [0.05, 0.1) is 29.3 Å². The van der Waals surface area contributed by atoms with Gasteiger partial charge in [0.15, 0.2) is 5.03 Å². The molecule has 38 heavy (non-hydrogen) atoms. The number of nitrogens with one attached hydrogen (secondary N) is 1. The Balaban J connectivity index is 1.68. The molecule has 1 saturated heterocycles. The second kappa shape index (κ2) is 10.7. The van der Waals surface area contributed by atoms with Crippen molar-refractivity contribution in [2.45, 2.75) is 24.0 Å². The van der Waals surface area contributed by atoms with Gasteiger partial charge in [0, 0.05) is 18.7 Å². The molecule has 9 nitrogen and oxygen atoms in total. The van der Waals surface area contributed by atoms with Crippen LogP contribution in [0.5, 0.6) is 5.75 Å². The van der Waals surface area contributed by atoms with Gasteiger partial charge in [-0.25, -0.2) is 9.97 Å². The summed E-state index contributed by atoms with van der Waals surface area (Å²) in [6.07, 6.45) is -3.70. The molecule has 1 unspecified atom stereocenters. The van der Waals surface area contributed by atoms with E-state index in [0.717, 1.165) is 6.07 Å². The zero-order valence-electron chi connectivity index (χ0n) is 19.9. The van der Waals surface area contributed by atoms with E-state index in [1.165, 1.54) is 37.4 Å². The number of aliphatic carboxylic acids is 1. The average molecular weight is 571 g/mol. The molecule has 3 aromatic rings. The van der Waals surface area contributed by atoms with Gasteiger partial charge in [0.25, 0.3) is 10.0 Å². The smallest absolute Gasteiger partial charge is 0.418 e. The number of methoxy groups -OCH3 is 1. The first kappa shape index (κ1) is 27.5. The van der Waals surface area contributed by atoms with E-state index in [2.05, 4.69) is 14.7 Å². The van der Waals surface area contributed by atoms with Crippen LogP contribution in [0, 0.1) is 5.92 Å². The Bertz CT molecular complexity index is 1470. The van der Waals surface area contributed by atoms with Gasteiger partial charge in [-0.05, 0) is 55.3 Å². The van der Waals surface area contributed by atoms with Crippen molar-refractivity contribution in [3.05, 3.63) is 59.1 Å². The van der Waals surface area contributed by atoms with Crippen molar-refractivity contribution in [3.63, 3.8) is 0 Å². The highest BCUT2D eigenvalue weighted by Gasteiger charge is 2.36. The van der Waals surface area contributed by atoms with Gasteiger partial charge in [0.1, 0.15) is 17.4 Å². The lowest BCUT2D eigenvalue weighted by molar-refractivity contribution is -0.142. The molecular weight excluding hydrogens is 549 g/mol. The van der Waals surface area contributed by atoms with E-state index >= 15 is 0 Å². The quantitative estimate of drug-likeness (QED) is 0.410. The number of hydrogen-bond donors (Lipinski definition) is 2. The van der Waals surface area contributed by atoms with Crippen LogP contribution in [-0.2, 0) is 21.0 Å². The number of halogens is 4. The molecule has 2 N–H and O–H groups in total. The maximum Gasteiger partial charge on any atom is 0.418 e. The number of pyridine rings is 2. The van der Waals surface area contributed by atoms with Crippen LogP contribution in [0.2, 0.25) is 5.02 Å². The van der Waals surface area contributed by atoms with Crippen LogP contribution in [0.4, 0.5) is 24.8 Å². The van der Waals surface area contributed by atoms with E-state index in [1.54, 1.807) is 11.0 Å². The molecule has 0 amide bonds. The van der Waals surface area contributed by atoms with Crippen LogP contribution in [-0.4, -0.2) is 49.7 Å². The lowest BCUT2D eigenvalue weighted by Crippen LogP contribution is -2.39. The summed E-state index contributed by atoms with van der Waals surface area (Å²) >= 11 is 6.16. The fraction of sp³-hybridized carbons (Fsp3) is 0.292. The number of anilines is 2. The Labute approximate surface area is 221 Å². The van der Waals surface area contributed by atoms with Crippen molar-refractivity contribution in [2.24, 2.45) is 5.92 Å². The average Bonchev–Trinajstić information content (AvgIpc) is 2.88. The minimum Gasteiger partial charge on any atom is -0.497 e. The zero-order chi connectivity index (χ0) is 27.7. The summed E-state index contributed by atoms with van der Waals surface area (Å²) in [5, 5.41) is 8.88. The number of aromatic nitrogens is 2. The van der Waals surface area contributed by atoms with Gasteiger partial charge in [0.2, 0.25) is 0 Å². The number of sulfonamides is 1. The van der Waals surface area contributed by atoms with Crippen molar-refractivity contribution in [1.82, 2.24) is 9.97 Å². The van der Waals surface area contributed by atoms with Gasteiger partial charge >= 0.3 is 12.1 Å². The number of carboxylic acid groups (broad SMARTS) is 1. The molecule has 3 heterocycles. The maximum atomic E-state index is 13.8. The van der Waals surface area contributed by atoms with Crippen molar-refractivity contribution >= 4 is 39.2 Å². The van der Waals surface area contributed by atoms with Crippen molar-refractivity contribution in [3.8, 4) is 17.0 Å². The van der Waals surface area contributed by atoms with Crippen LogP contribution in [0.1, 0.15) is 18.4 Å². The van der Waals surface area contributed by atoms with Crippen LogP contribution in [0.3, 0.4) is 0 Å². The molecule has 0 bridgehead atoms. The summed E-state index contributed by atoms with van der Waals surface area (Å²) in [6, 6.07) is 9.90. The highest BCUT2D eigenvalue weighted by molar-refractivity contribution is 7.92. The van der Waals surface area contributed by atoms with Crippen molar-refractivity contribution in [2.75, 3.05) is 29.8 Å². The van der Waals surface area contributed by atoms with Crippen molar-refractivity contribution in [1.29, 1.82) is 0 Å². The number of carboxylic acids is 1. The molecule has 0 aliphatic carbocycles. The fourth-order valence-electron chi connectivity index (χ4n) is 4.07. The van der Waals surface area contributed by atoms with Crippen LogP contribution < -0.4 is 14.4 Å². The third-order valence-corrected chi connectivity index (χ3v) is 7.53. The highest BCUT2D eigenvalue weighted by Crippen LogP contribution is 2.40. The summed E-state index contributed by atoms with van der Waals surface area (Å²) in [4.78, 5) is 21.2. The van der Waals surface area contributed by atoms with Gasteiger partial charge in [-0.3, -0.25) is 9.52 Å². The Morgan fingerprint density at radius 2 is 1.95 bits per heavy atom. The molecule has 0 radical (unpaired) electrons. The number of piperidine rings is 1. The first-order valence-electron chi connectivity index (χ1n) is 11.3. The number of alkyl halides is 3. The predicted molar refractivity (Wildman–Crippen MR) is 134 cm³/mol. The Hall–Kier alpha value is -3.58. The number of ether oxygens (including phenoxy) is 1. The summed E-state index contributed by atoms with van der Waals surface area (Å²) in [5.74, 6) is -1.44. The molecule has 1 aliphatic heterocycles. The Morgan fingerprint density at radius 3 is 2.63 bits per heavy atom. The summed E-state index contributed by atoms with van der Waals surface area (Å²) in [5.41, 5.74) is -1.80. The van der Waals surface area contributed by atoms with Gasteiger partial charge < -0.3 is 14.7 Å². The lowest BCUT2D eigenvalue weighted by atomic mass is 9.98. The standard InChI is InChI=1S/C24H22ClF3N4O5S/c1-37-15-7-9-18(25)16(12-15)22-17(24(26,27)28)8-10-19(29-22)31-38(35,36)21-6-2-5-20(30-21)32-11-3-4-14(13-32)23(33)34/h2,5-10,12,14H,3-4,11,13H2,1H3,(H,29,31)(H,33,34). The fourth-order valence-corrected chi connectivity index (χ4v) is 5.24. The van der Waals surface area contributed by atoms with Gasteiger partial charge in [-0.2, -0.15) is 21.6 Å². The predicted octanol–water partition coefficient (Wildman–Crippen LogP) is 4.93. The molecule has 2 aromatic heterocycles. The Kier molecular flexibility index (Phi) is 7.70. The first-order chi connectivity index (χ1) is 17.9. The normalized spacial score (nSPS) is 16.2. The molecule has 14 heteroatoms. The second-order valence-electron chi connectivity index (χ2n) is 8.50. The molecule has 0 spiro atoms. The van der Waals surface area contributed by atoms with Crippen LogP contribution in [0.15, 0.2) is 53.6 Å². The summed E-state index contributed by atoms with van der Waals surface area (Å²) in [7, 11) is -3.04. The number of carbonyl (C=O) groups is 1. The maximum absolute atomic E-state index is 13.8. The van der Waals surface area contributed by atoms with Crippen LogP contribution in [0.25, 0.3) is 11.3 Å². The Morgan fingerprint density at radius 1 is 1.18 bits per heavy atom. The molecule has 1 aliphatic rings. The van der Waals surface area contributed by atoms with E-state index < -0.39 is 44.4 Å². The van der Waals surface area contributed by atoms with E-state index in [4.69, 9.17) is 16.3 Å². The largest absolute Gasteiger partial charge is 0.497 e. The number of benzene rings is 1. The molecule has 0 saturated carbocycles. The monoisotopic (exact) mass is 570 g/mol. The molecule has 1 fully saturated rings. The molecule has 202 valence electrons. The zero-order valence-corrected chi connectivity index (χ0v) is 21.4. The third-order valence-electron chi connectivity index (χ3n) is 5.95. The molecule has 4 rings (SSSR count). The second-order valence-corrected chi connectivity index (χ2v) is 10.5. The topological polar surface area (TPSA) is 122 Å². The number of hydrogen-bond acceptors (Lipinski definition) is 7. The summed E-state index contributed by atoms with van der Waals surface area (Å²) in [6.45, 7) is 0.670. The van der Waals surface area contributed by atoms with E-state index in [1.807, 2.05) is 0 Å². The van der Waals surface area contributed by atoms with Gasteiger partial charge in [-0.15, -0.1) is 0 Å². The van der Waals surface area contributed by atoms with E-state index in [-0.39, 0.29) is 34.5 Å². The first-order valence-corrected chi connectivity index (χ1v) is 13.1. The minimum atomic E-state index is -4.80. The molecule has 1 atom stereocenters. The number of rotatable bonds is 7. The summed E-state index contributed by atoms with van der Waals surface area (Å²) < 4.78 is 74.8.